The molecule has 0 bridgehead atoms. The van der Waals surface area contributed by atoms with Crippen LogP contribution in [0.4, 0.5) is 26.0 Å². The molecule has 248 valence electrons. The van der Waals surface area contributed by atoms with Crippen LogP contribution in [0.15, 0.2) is 78.2 Å². The average Bonchev–Trinajstić information content (AvgIpc) is 3.52. The van der Waals surface area contributed by atoms with E-state index in [1.165, 1.54) is 24.5 Å². The lowest BCUT2D eigenvalue weighted by molar-refractivity contribution is 0.0546. The van der Waals surface area contributed by atoms with Gasteiger partial charge in [-0.25, -0.2) is 37.1 Å². The molecule has 0 aliphatic heterocycles. The van der Waals surface area contributed by atoms with Gasteiger partial charge in [0, 0.05) is 7.11 Å². The van der Waals surface area contributed by atoms with Gasteiger partial charge in [-0.3, -0.25) is 9.29 Å². The number of fused-ring (bicyclic) bond motifs is 2. The second kappa shape index (κ2) is 14.2. The third-order valence-corrected chi connectivity index (χ3v) is 9.29. The molecule has 17 heteroatoms. The van der Waals surface area contributed by atoms with Gasteiger partial charge in [-0.15, -0.1) is 0 Å². The first-order valence-corrected chi connectivity index (χ1v) is 16.4. The zero-order valence-electron chi connectivity index (χ0n) is 25.0. The first-order chi connectivity index (χ1) is 23.2. The van der Waals surface area contributed by atoms with Crippen LogP contribution in [0.25, 0.3) is 27.9 Å². The highest BCUT2D eigenvalue weighted by Gasteiger charge is 2.24. The molecule has 6 aromatic rings. The van der Waals surface area contributed by atoms with Crippen molar-refractivity contribution < 1.29 is 31.4 Å². The van der Waals surface area contributed by atoms with Gasteiger partial charge in [0.25, 0.3) is 10.0 Å². The maximum atomic E-state index is 15.7. The van der Waals surface area contributed by atoms with Crippen LogP contribution in [0.2, 0.25) is 10.0 Å². The summed E-state index contributed by atoms with van der Waals surface area (Å²) in [5, 5.41) is 2.36. The maximum absolute atomic E-state index is 15.7. The number of anilines is 3. The first-order valence-electron chi connectivity index (χ1n) is 14.2. The summed E-state index contributed by atoms with van der Waals surface area (Å²) in [6.45, 7) is 1.62. The van der Waals surface area contributed by atoms with Gasteiger partial charge >= 0.3 is 0 Å². The third kappa shape index (κ3) is 6.81. The van der Waals surface area contributed by atoms with Crippen LogP contribution >= 0.6 is 23.2 Å². The van der Waals surface area contributed by atoms with E-state index in [1.54, 1.807) is 36.2 Å². The van der Waals surface area contributed by atoms with Gasteiger partial charge in [0.2, 0.25) is 0 Å². The van der Waals surface area contributed by atoms with Crippen molar-refractivity contribution >= 4 is 72.5 Å². The third-order valence-electron chi connectivity index (χ3n) is 6.96. The lowest BCUT2D eigenvalue weighted by Gasteiger charge is -2.15. The van der Waals surface area contributed by atoms with E-state index in [-0.39, 0.29) is 26.3 Å². The minimum Gasteiger partial charge on any atom is -0.489 e. The monoisotopic (exact) mass is 715 g/mol. The Bertz CT molecular complexity index is 2240. The van der Waals surface area contributed by atoms with Gasteiger partial charge in [-0.2, -0.15) is 0 Å². The Labute approximate surface area is 282 Å². The molecule has 3 heterocycles. The molecule has 0 saturated carbocycles. The van der Waals surface area contributed by atoms with Crippen molar-refractivity contribution in [3.63, 3.8) is 0 Å². The highest BCUT2D eigenvalue weighted by molar-refractivity contribution is 7.92. The second-order valence-electron chi connectivity index (χ2n) is 10.0. The van der Waals surface area contributed by atoms with Crippen LogP contribution in [-0.4, -0.2) is 66.5 Å². The van der Waals surface area contributed by atoms with Crippen molar-refractivity contribution in [2.24, 2.45) is 0 Å². The average molecular weight is 717 g/mol. The van der Waals surface area contributed by atoms with Crippen molar-refractivity contribution in [2.75, 3.05) is 43.6 Å². The molecule has 2 N–H and O–H groups in total. The number of ether oxygens (including phenoxy) is 3. The molecule has 0 unspecified atom stereocenters. The molecule has 12 nitrogen and oxygen atoms in total. The van der Waals surface area contributed by atoms with Crippen LogP contribution in [-0.2, 0) is 19.5 Å². The number of aromatic nitrogens is 5. The predicted octanol–water partition coefficient (Wildman–Crippen LogP) is 6.53. The Morgan fingerprint density at radius 2 is 1.71 bits per heavy atom. The van der Waals surface area contributed by atoms with Crippen molar-refractivity contribution in [1.82, 2.24) is 24.5 Å². The van der Waals surface area contributed by atoms with E-state index in [0.717, 1.165) is 12.1 Å². The standard InChI is InChI=1S/C31H25Cl2F2N7O5S/c1-45-12-13-46-14-15-47-23-6-3-5-22-30(23)38-17-42(22)25-11-10-21-29(39-25)31(37-16-36-21)40-28-19(34)8-9-20(27(28)35)41-48(43,44)24-7-2-4-18(32)26(24)33/h2-11,16-17,41H,12-15H2,1H3,(H,36,37,40). The normalized spacial score (nSPS) is 11.7. The Morgan fingerprint density at radius 3 is 2.54 bits per heavy atom. The van der Waals surface area contributed by atoms with Gasteiger partial charge in [0.15, 0.2) is 11.6 Å². The fraction of sp³-hybridized carbons (Fsp3) is 0.161. The minimum absolute atomic E-state index is 0.0130. The van der Waals surface area contributed by atoms with Crippen LogP contribution < -0.4 is 14.8 Å². The first kappa shape index (κ1) is 33.2. The van der Waals surface area contributed by atoms with Gasteiger partial charge in [-0.05, 0) is 48.5 Å². The Balaban J connectivity index is 1.30. The molecule has 6 rings (SSSR count). The smallest absolute Gasteiger partial charge is 0.263 e. The number of pyridine rings is 1. The van der Waals surface area contributed by atoms with E-state index in [1.807, 2.05) is 12.1 Å². The number of benzene rings is 3. The summed E-state index contributed by atoms with van der Waals surface area (Å²) >= 11 is 12.0. The van der Waals surface area contributed by atoms with E-state index >= 15 is 8.78 Å². The van der Waals surface area contributed by atoms with Crippen LogP contribution in [0.5, 0.6) is 5.75 Å². The predicted molar refractivity (Wildman–Crippen MR) is 177 cm³/mol. The summed E-state index contributed by atoms with van der Waals surface area (Å²) < 4.78 is 77.0. The lowest BCUT2D eigenvalue weighted by Crippen LogP contribution is -2.15. The highest BCUT2D eigenvalue weighted by atomic mass is 35.5. The molecule has 0 saturated heterocycles. The molecule has 48 heavy (non-hydrogen) atoms. The number of nitrogens with zero attached hydrogens (tertiary/aromatic N) is 5. The molecule has 0 fully saturated rings. The number of rotatable bonds is 13. The molecule has 0 spiro atoms. The van der Waals surface area contributed by atoms with Gasteiger partial charge in [0.1, 0.15) is 58.3 Å². The summed E-state index contributed by atoms with van der Waals surface area (Å²) in [5.74, 6) is -1.34. The van der Waals surface area contributed by atoms with Crippen LogP contribution in [0, 0.1) is 11.6 Å². The summed E-state index contributed by atoms with van der Waals surface area (Å²) in [5.41, 5.74) is 0.579. The molecule has 0 aliphatic rings. The van der Waals surface area contributed by atoms with E-state index in [2.05, 4.69) is 30.0 Å². The number of nitrogens with one attached hydrogen (secondary N) is 2. The van der Waals surface area contributed by atoms with E-state index < -0.39 is 33.0 Å². The number of hydrogen-bond donors (Lipinski definition) is 2. The molecule has 0 atom stereocenters. The topological polar surface area (TPSA) is 142 Å². The largest absolute Gasteiger partial charge is 0.489 e. The number of para-hydroxylation sites is 1. The molecular weight excluding hydrogens is 691 g/mol. The Morgan fingerprint density at radius 1 is 0.896 bits per heavy atom. The summed E-state index contributed by atoms with van der Waals surface area (Å²) in [7, 11) is -2.81. The molecular formula is C31H25Cl2F2N7O5S. The number of hydrogen-bond acceptors (Lipinski definition) is 10. The second-order valence-corrected chi connectivity index (χ2v) is 12.5. The van der Waals surface area contributed by atoms with Crippen molar-refractivity contribution in [2.45, 2.75) is 4.90 Å². The van der Waals surface area contributed by atoms with Crippen LogP contribution in [0.1, 0.15) is 0 Å². The quantitative estimate of drug-likeness (QED) is 0.127. The Hall–Kier alpha value is -4.67. The lowest BCUT2D eigenvalue weighted by atomic mass is 10.2. The SMILES string of the molecule is COCCOCCOc1cccc2c1ncn2-c1ccc2ncnc(Nc3c(F)ccc(NS(=O)(=O)c4cccc(Cl)c4Cl)c3F)c2n1. The van der Waals surface area contributed by atoms with Gasteiger partial charge in [0.05, 0.1) is 46.6 Å². The highest BCUT2D eigenvalue weighted by Crippen LogP contribution is 2.34. The number of imidazole rings is 1. The number of sulfonamides is 1. The minimum atomic E-state index is -4.41. The summed E-state index contributed by atoms with van der Waals surface area (Å²) in [6.07, 6.45) is 2.77. The molecule has 3 aromatic carbocycles. The number of halogens is 4. The van der Waals surface area contributed by atoms with E-state index in [4.69, 9.17) is 37.4 Å². The number of methoxy groups -OCH3 is 1. The zero-order chi connectivity index (χ0) is 33.8. The van der Waals surface area contributed by atoms with E-state index in [9.17, 15) is 8.42 Å². The van der Waals surface area contributed by atoms with Gasteiger partial charge in [-0.1, -0.05) is 35.3 Å². The maximum Gasteiger partial charge on any atom is 0.263 e. The van der Waals surface area contributed by atoms with Crippen molar-refractivity contribution in [3.8, 4) is 11.6 Å². The fourth-order valence-electron chi connectivity index (χ4n) is 4.68. The van der Waals surface area contributed by atoms with Crippen molar-refractivity contribution in [1.29, 1.82) is 0 Å². The Kier molecular flexibility index (Phi) is 9.84. The molecule has 0 aliphatic carbocycles. The fourth-order valence-corrected chi connectivity index (χ4v) is 6.50. The van der Waals surface area contributed by atoms with Gasteiger partial charge < -0.3 is 19.5 Å². The van der Waals surface area contributed by atoms with E-state index in [0.29, 0.717) is 54.5 Å². The summed E-state index contributed by atoms with van der Waals surface area (Å²) in [6, 6.07) is 14.6. The summed E-state index contributed by atoms with van der Waals surface area (Å²) in [4.78, 5) is 17.2. The van der Waals surface area contributed by atoms with Crippen molar-refractivity contribution in [3.05, 3.63) is 95.0 Å². The molecule has 0 amide bonds. The molecule has 0 radical (unpaired) electrons. The zero-order valence-corrected chi connectivity index (χ0v) is 27.3. The van der Waals surface area contributed by atoms with Crippen LogP contribution in [0.3, 0.4) is 0 Å². The molecule has 3 aromatic heterocycles.